The van der Waals surface area contributed by atoms with Crippen LogP contribution in [-0.4, -0.2) is 58.7 Å². The Morgan fingerprint density at radius 2 is 2.10 bits per heavy atom. The molecule has 21 heavy (non-hydrogen) atoms. The van der Waals surface area contributed by atoms with Crippen molar-refractivity contribution in [2.75, 3.05) is 44.2 Å². The molecule has 0 bridgehead atoms. The third-order valence-corrected chi connectivity index (χ3v) is 4.11. The second kappa shape index (κ2) is 6.43. The van der Waals surface area contributed by atoms with Crippen molar-refractivity contribution < 1.29 is 5.11 Å². The molecule has 2 aromatic rings. The van der Waals surface area contributed by atoms with E-state index in [1.807, 2.05) is 24.4 Å². The van der Waals surface area contributed by atoms with Gasteiger partial charge >= 0.3 is 0 Å². The predicted molar refractivity (Wildman–Crippen MR) is 83.4 cm³/mol. The number of imidazole rings is 1. The van der Waals surface area contributed by atoms with Crippen LogP contribution in [0.4, 0.5) is 5.82 Å². The second-order valence-corrected chi connectivity index (χ2v) is 5.42. The van der Waals surface area contributed by atoms with E-state index < -0.39 is 0 Å². The first-order chi connectivity index (χ1) is 10.3. The topological polar surface area (TPSA) is 70.0 Å². The van der Waals surface area contributed by atoms with Crippen molar-refractivity contribution >= 4 is 11.5 Å². The SMILES string of the molecule is NCc1c(N2CCCN(CCO)CC2)nc2ccccn12. The van der Waals surface area contributed by atoms with Crippen LogP contribution in [0, 0.1) is 0 Å². The van der Waals surface area contributed by atoms with Gasteiger partial charge in [0.25, 0.3) is 0 Å². The zero-order valence-electron chi connectivity index (χ0n) is 12.3. The van der Waals surface area contributed by atoms with Crippen LogP contribution in [0.25, 0.3) is 5.65 Å². The maximum absolute atomic E-state index is 9.08. The fourth-order valence-electron chi connectivity index (χ4n) is 3.02. The molecule has 0 amide bonds. The molecule has 1 fully saturated rings. The summed E-state index contributed by atoms with van der Waals surface area (Å²) in [7, 11) is 0. The number of β-amino-alcohol motifs (C(OH)–C–C–N with tert-alkyl or cyclic N) is 1. The minimum Gasteiger partial charge on any atom is -0.395 e. The Bertz CT molecular complexity index is 597. The molecule has 6 nitrogen and oxygen atoms in total. The van der Waals surface area contributed by atoms with E-state index in [1.54, 1.807) is 0 Å². The van der Waals surface area contributed by atoms with Crippen molar-refractivity contribution in [3.8, 4) is 0 Å². The molecule has 0 unspecified atom stereocenters. The van der Waals surface area contributed by atoms with Crippen molar-refractivity contribution in [3.63, 3.8) is 0 Å². The lowest BCUT2D eigenvalue weighted by molar-refractivity contribution is 0.204. The van der Waals surface area contributed by atoms with Crippen LogP contribution < -0.4 is 10.6 Å². The molecule has 0 spiro atoms. The number of anilines is 1. The Labute approximate surface area is 124 Å². The highest BCUT2D eigenvalue weighted by Crippen LogP contribution is 2.22. The number of hydrogen-bond donors (Lipinski definition) is 2. The maximum Gasteiger partial charge on any atom is 0.152 e. The fourth-order valence-corrected chi connectivity index (χ4v) is 3.02. The van der Waals surface area contributed by atoms with Gasteiger partial charge in [0.2, 0.25) is 0 Å². The predicted octanol–water partition coefficient (Wildman–Crippen LogP) is 0.297. The first-order valence-electron chi connectivity index (χ1n) is 7.57. The molecular weight excluding hydrogens is 266 g/mol. The molecule has 0 atom stereocenters. The van der Waals surface area contributed by atoms with E-state index in [2.05, 4.69) is 14.2 Å². The van der Waals surface area contributed by atoms with Gasteiger partial charge in [0.15, 0.2) is 5.82 Å². The number of rotatable bonds is 4. The van der Waals surface area contributed by atoms with E-state index >= 15 is 0 Å². The quantitative estimate of drug-likeness (QED) is 0.847. The Morgan fingerprint density at radius 1 is 1.19 bits per heavy atom. The van der Waals surface area contributed by atoms with Gasteiger partial charge in [0, 0.05) is 38.9 Å². The minimum absolute atomic E-state index is 0.225. The highest BCUT2D eigenvalue weighted by atomic mass is 16.3. The number of aliphatic hydroxyl groups is 1. The van der Waals surface area contributed by atoms with E-state index in [4.69, 9.17) is 15.8 Å². The van der Waals surface area contributed by atoms with E-state index in [0.717, 1.165) is 56.3 Å². The molecule has 1 saturated heterocycles. The van der Waals surface area contributed by atoms with E-state index in [-0.39, 0.29) is 6.61 Å². The Morgan fingerprint density at radius 3 is 2.90 bits per heavy atom. The van der Waals surface area contributed by atoms with Crippen molar-refractivity contribution in [1.29, 1.82) is 0 Å². The Kier molecular flexibility index (Phi) is 4.38. The van der Waals surface area contributed by atoms with Gasteiger partial charge in [-0.15, -0.1) is 0 Å². The summed E-state index contributed by atoms with van der Waals surface area (Å²) in [4.78, 5) is 9.39. The molecule has 2 aromatic heterocycles. The average Bonchev–Trinajstić information content (AvgIpc) is 2.72. The molecule has 0 aliphatic carbocycles. The number of aromatic nitrogens is 2. The normalized spacial score (nSPS) is 17.3. The molecule has 3 rings (SSSR count). The highest BCUT2D eigenvalue weighted by molar-refractivity contribution is 5.56. The van der Waals surface area contributed by atoms with Crippen molar-refractivity contribution in [2.24, 2.45) is 5.73 Å². The van der Waals surface area contributed by atoms with Gasteiger partial charge in [0.05, 0.1) is 12.3 Å². The van der Waals surface area contributed by atoms with Gasteiger partial charge in [-0.2, -0.15) is 0 Å². The van der Waals surface area contributed by atoms with Gasteiger partial charge in [-0.05, 0) is 25.1 Å². The Hall–Kier alpha value is -1.63. The van der Waals surface area contributed by atoms with E-state index in [1.165, 1.54) is 0 Å². The summed E-state index contributed by atoms with van der Waals surface area (Å²) < 4.78 is 2.08. The largest absolute Gasteiger partial charge is 0.395 e. The van der Waals surface area contributed by atoms with Gasteiger partial charge in [-0.25, -0.2) is 4.98 Å². The standard InChI is InChI=1S/C15H23N5O/c16-12-13-15(17-14-4-1-2-7-20(13)14)19-6-3-5-18(8-9-19)10-11-21/h1-2,4,7,21H,3,5-6,8-12,16H2. The summed E-state index contributed by atoms with van der Waals surface area (Å²) in [6.45, 7) is 5.36. The fraction of sp³-hybridized carbons (Fsp3) is 0.533. The van der Waals surface area contributed by atoms with Crippen molar-refractivity contribution in [1.82, 2.24) is 14.3 Å². The smallest absolute Gasteiger partial charge is 0.152 e. The van der Waals surface area contributed by atoms with Crippen LogP contribution in [0.15, 0.2) is 24.4 Å². The molecule has 0 aromatic carbocycles. The van der Waals surface area contributed by atoms with E-state index in [0.29, 0.717) is 6.54 Å². The molecule has 6 heteroatoms. The van der Waals surface area contributed by atoms with Crippen LogP contribution in [-0.2, 0) is 6.54 Å². The lowest BCUT2D eigenvalue weighted by Crippen LogP contribution is -2.33. The molecule has 1 aliphatic rings. The molecule has 0 saturated carbocycles. The van der Waals surface area contributed by atoms with Crippen molar-refractivity contribution in [3.05, 3.63) is 30.1 Å². The molecular formula is C15H23N5O. The summed E-state index contributed by atoms with van der Waals surface area (Å²) in [5.74, 6) is 1.01. The third-order valence-electron chi connectivity index (χ3n) is 4.11. The highest BCUT2D eigenvalue weighted by Gasteiger charge is 2.20. The zero-order chi connectivity index (χ0) is 14.7. The molecule has 0 radical (unpaired) electrons. The van der Waals surface area contributed by atoms with Crippen molar-refractivity contribution in [2.45, 2.75) is 13.0 Å². The summed E-state index contributed by atoms with van der Waals surface area (Å²) in [6, 6.07) is 6.01. The van der Waals surface area contributed by atoms with Gasteiger partial charge in [0.1, 0.15) is 5.65 Å². The lowest BCUT2D eigenvalue weighted by Gasteiger charge is -2.22. The third kappa shape index (κ3) is 2.88. The van der Waals surface area contributed by atoms with Crippen LogP contribution in [0.1, 0.15) is 12.1 Å². The molecule has 1 aliphatic heterocycles. The van der Waals surface area contributed by atoms with Crippen LogP contribution in [0.3, 0.4) is 0 Å². The average molecular weight is 289 g/mol. The number of pyridine rings is 1. The Balaban J connectivity index is 1.86. The summed E-state index contributed by atoms with van der Waals surface area (Å²) in [6.07, 6.45) is 3.10. The maximum atomic E-state index is 9.08. The van der Waals surface area contributed by atoms with Crippen LogP contribution in [0.5, 0.6) is 0 Å². The summed E-state index contributed by atoms with van der Waals surface area (Å²) >= 11 is 0. The molecule has 3 heterocycles. The van der Waals surface area contributed by atoms with Gasteiger partial charge in [-0.1, -0.05) is 6.07 Å². The summed E-state index contributed by atoms with van der Waals surface area (Å²) in [5, 5.41) is 9.08. The number of aliphatic hydroxyl groups excluding tert-OH is 1. The molecule has 114 valence electrons. The number of nitrogens with zero attached hydrogens (tertiary/aromatic N) is 4. The van der Waals surface area contributed by atoms with E-state index in [9.17, 15) is 0 Å². The monoisotopic (exact) mass is 289 g/mol. The molecule has 3 N–H and O–H groups in total. The second-order valence-electron chi connectivity index (χ2n) is 5.42. The number of hydrogen-bond acceptors (Lipinski definition) is 5. The number of nitrogens with two attached hydrogens (primary N) is 1. The minimum atomic E-state index is 0.225. The van der Waals surface area contributed by atoms with Crippen LogP contribution >= 0.6 is 0 Å². The number of fused-ring (bicyclic) bond motifs is 1. The first kappa shape index (κ1) is 14.3. The lowest BCUT2D eigenvalue weighted by atomic mass is 10.3. The summed E-state index contributed by atoms with van der Waals surface area (Å²) in [5.41, 5.74) is 7.97. The van der Waals surface area contributed by atoms with Gasteiger partial charge in [-0.3, -0.25) is 4.90 Å². The first-order valence-corrected chi connectivity index (χ1v) is 7.57. The van der Waals surface area contributed by atoms with Gasteiger partial charge < -0.3 is 20.1 Å². The van der Waals surface area contributed by atoms with Crippen LogP contribution in [0.2, 0.25) is 0 Å². The zero-order valence-corrected chi connectivity index (χ0v) is 12.3.